The summed E-state index contributed by atoms with van der Waals surface area (Å²) in [5.74, 6) is 1.47. The van der Waals surface area contributed by atoms with Gasteiger partial charge in [-0.1, -0.05) is 12.1 Å². The average Bonchev–Trinajstić information content (AvgIpc) is 3.35. The Labute approximate surface area is 162 Å². The fraction of sp³-hybridized carbons (Fsp3) is 0.143. The summed E-state index contributed by atoms with van der Waals surface area (Å²) in [6.45, 7) is 4.30. The topological polar surface area (TPSA) is 77.6 Å². The molecule has 0 fully saturated rings. The fourth-order valence-corrected chi connectivity index (χ4v) is 3.18. The van der Waals surface area contributed by atoms with Crippen LogP contribution in [-0.4, -0.2) is 30.0 Å². The Hall–Kier alpha value is -3.74. The van der Waals surface area contributed by atoms with Crippen molar-refractivity contribution in [1.29, 1.82) is 0 Å². The van der Waals surface area contributed by atoms with Crippen molar-refractivity contribution in [1.82, 2.24) is 29.4 Å². The molecule has 4 heterocycles. The van der Waals surface area contributed by atoms with Gasteiger partial charge in [0.1, 0.15) is 18.0 Å². The van der Waals surface area contributed by atoms with Crippen LogP contribution in [0.5, 0.6) is 0 Å². The first-order valence-corrected chi connectivity index (χ1v) is 8.95. The van der Waals surface area contributed by atoms with E-state index in [9.17, 15) is 4.79 Å². The number of nitrogens with zero attached hydrogens (tertiary/aromatic N) is 5. The van der Waals surface area contributed by atoms with E-state index in [2.05, 4.69) is 20.3 Å². The Kier molecular flexibility index (Phi) is 4.72. The smallest absolute Gasteiger partial charge is 0.253 e. The number of hydrogen-bond acceptors (Lipinski definition) is 4. The van der Waals surface area contributed by atoms with Crippen molar-refractivity contribution in [3.8, 4) is 11.6 Å². The summed E-state index contributed by atoms with van der Waals surface area (Å²) < 4.78 is 3.81. The molecule has 4 aromatic heterocycles. The molecule has 140 valence electrons. The first kappa shape index (κ1) is 17.7. The van der Waals surface area contributed by atoms with Crippen LogP contribution in [0.15, 0.2) is 67.5 Å². The molecule has 0 saturated carbocycles. The van der Waals surface area contributed by atoms with Gasteiger partial charge in [-0.05, 0) is 43.7 Å². The number of amides is 1. The van der Waals surface area contributed by atoms with Gasteiger partial charge in [0.05, 0.1) is 5.56 Å². The van der Waals surface area contributed by atoms with Crippen molar-refractivity contribution in [2.45, 2.75) is 20.4 Å². The van der Waals surface area contributed by atoms with E-state index in [1.165, 1.54) is 0 Å². The van der Waals surface area contributed by atoms with Crippen LogP contribution in [-0.2, 0) is 6.54 Å². The minimum absolute atomic E-state index is 0.117. The van der Waals surface area contributed by atoms with Crippen LogP contribution in [0.4, 0.5) is 0 Å². The van der Waals surface area contributed by atoms with E-state index in [4.69, 9.17) is 0 Å². The van der Waals surface area contributed by atoms with Crippen molar-refractivity contribution >= 4 is 5.91 Å². The highest BCUT2D eigenvalue weighted by atomic mass is 16.1. The Morgan fingerprint density at radius 3 is 2.64 bits per heavy atom. The molecule has 1 amide bonds. The number of aromatic nitrogens is 5. The number of rotatable bonds is 5. The summed E-state index contributed by atoms with van der Waals surface area (Å²) in [7, 11) is 0. The SMILES string of the molecule is Cc1cc(C(=O)NCc2ccc(-n3ccnc3)nc2)c(C)n1-c1ccccn1. The van der Waals surface area contributed by atoms with Crippen LogP contribution < -0.4 is 5.32 Å². The maximum absolute atomic E-state index is 12.7. The molecule has 4 rings (SSSR count). The Balaban J connectivity index is 1.47. The second kappa shape index (κ2) is 7.48. The minimum atomic E-state index is -0.117. The molecule has 0 aliphatic rings. The zero-order valence-corrected chi connectivity index (χ0v) is 15.7. The molecule has 7 heteroatoms. The van der Waals surface area contributed by atoms with Gasteiger partial charge in [0.15, 0.2) is 0 Å². The second-order valence-electron chi connectivity index (χ2n) is 6.49. The molecule has 1 N–H and O–H groups in total. The molecule has 0 bridgehead atoms. The summed E-state index contributed by atoms with van der Waals surface area (Å²) >= 11 is 0. The second-order valence-corrected chi connectivity index (χ2v) is 6.49. The van der Waals surface area contributed by atoms with Gasteiger partial charge in [0.2, 0.25) is 0 Å². The van der Waals surface area contributed by atoms with Crippen molar-refractivity contribution in [2.75, 3.05) is 0 Å². The Morgan fingerprint density at radius 2 is 1.96 bits per heavy atom. The third kappa shape index (κ3) is 3.42. The number of nitrogens with one attached hydrogen (secondary N) is 1. The van der Waals surface area contributed by atoms with Crippen LogP contribution in [0.1, 0.15) is 27.3 Å². The van der Waals surface area contributed by atoms with E-state index in [-0.39, 0.29) is 5.91 Å². The number of hydrogen-bond donors (Lipinski definition) is 1. The third-order valence-corrected chi connectivity index (χ3v) is 4.59. The summed E-state index contributed by atoms with van der Waals surface area (Å²) in [6.07, 6.45) is 8.74. The van der Waals surface area contributed by atoms with E-state index in [0.29, 0.717) is 12.1 Å². The fourth-order valence-electron chi connectivity index (χ4n) is 3.18. The lowest BCUT2D eigenvalue weighted by molar-refractivity contribution is 0.0950. The molecule has 0 unspecified atom stereocenters. The van der Waals surface area contributed by atoms with E-state index >= 15 is 0 Å². The number of aryl methyl sites for hydroxylation is 1. The molecule has 0 saturated heterocycles. The monoisotopic (exact) mass is 372 g/mol. The molecule has 4 aromatic rings. The predicted octanol–water partition coefficient (Wildman–Crippen LogP) is 3.00. The lowest BCUT2D eigenvalue weighted by atomic mass is 10.2. The first-order chi connectivity index (χ1) is 13.6. The van der Waals surface area contributed by atoms with Gasteiger partial charge >= 0.3 is 0 Å². The normalized spacial score (nSPS) is 10.8. The third-order valence-electron chi connectivity index (χ3n) is 4.59. The van der Waals surface area contributed by atoms with Crippen LogP contribution >= 0.6 is 0 Å². The molecule has 0 aliphatic heterocycles. The van der Waals surface area contributed by atoms with Gasteiger partial charge in [0, 0.05) is 42.7 Å². The van der Waals surface area contributed by atoms with Crippen LogP contribution in [0.3, 0.4) is 0 Å². The van der Waals surface area contributed by atoms with Crippen molar-refractivity contribution in [3.05, 3.63) is 90.0 Å². The Bertz CT molecular complexity index is 1080. The molecule has 7 nitrogen and oxygen atoms in total. The maximum Gasteiger partial charge on any atom is 0.253 e. The molecular formula is C21H20N6O. The standard InChI is InChI=1S/C21H20N6O/c1-15-11-18(16(2)27(15)20-5-3-4-8-23-20)21(28)25-13-17-6-7-19(24-12-17)26-10-9-22-14-26/h3-12,14H,13H2,1-2H3,(H,25,28). The summed E-state index contributed by atoms with van der Waals surface area (Å²) in [5.41, 5.74) is 3.40. The predicted molar refractivity (Wildman–Crippen MR) is 106 cm³/mol. The molecule has 0 aromatic carbocycles. The largest absolute Gasteiger partial charge is 0.348 e. The van der Waals surface area contributed by atoms with Crippen molar-refractivity contribution in [2.24, 2.45) is 0 Å². The van der Waals surface area contributed by atoms with Gasteiger partial charge in [-0.25, -0.2) is 15.0 Å². The van der Waals surface area contributed by atoms with E-state index in [0.717, 1.165) is 28.6 Å². The lowest BCUT2D eigenvalue weighted by Crippen LogP contribution is -2.23. The number of carbonyl (C=O) groups excluding carboxylic acids is 1. The highest BCUT2D eigenvalue weighted by Crippen LogP contribution is 2.19. The minimum Gasteiger partial charge on any atom is -0.348 e. The van der Waals surface area contributed by atoms with Gasteiger partial charge in [-0.2, -0.15) is 0 Å². The maximum atomic E-state index is 12.7. The molecule has 0 aliphatic carbocycles. The van der Waals surface area contributed by atoms with Crippen LogP contribution in [0.25, 0.3) is 11.6 Å². The molecular weight excluding hydrogens is 352 g/mol. The van der Waals surface area contributed by atoms with Crippen LogP contribution in [0, 0.1) is 13.8 Å². The summed E-state index contributed by atoms with van der Waals surface area (Å²) in [5, 5.41) is 2.97. The van der Waals surface area contributed by atoms with Gasteiger partial charge in [-0.15, -0.1) is 0 Å². The van der Waals surface area contributed by atoms with E-state index < -0.39 is 0 Å². The highest BCUT2D eigenvalue weighted by Gasteiger charge is 2.17. The average molecular weight is 372 g/mol. The zero-order valence-electron chi connectivity index (χ0n) is 15.7. The first-order valence-electron chi connectivity index (χ1n) is 8.95. The zero-order chi connectivity index (χ0) is 19.5. The lowest BCUT2D eigenvalue weighted by Gasteiger charge is -2.09. The van der Waals surface area contributed by atoms with Crippen molar-refractivity contribution < 1.29 is 4.79 Å². The van der Waals surface area contributed by atoms with Gasteiger partial charge in [-0.3, -0.25) is 9.36 Å². The summed E-state index contributed by atoms with van der Waals surface area (Å²) in [6, 6.07) is 11.5. The highest BCUT2D eigenvalue weighted by molar-refractivity contribution is 5.95. The molecule has 0 radical (unpaired) electrons. The van der Waals surface area contributed by atoms with Gasteiger partial charge < -0.3 is 9.88 Å². The molecule has 0 spiro atoms. The van der Waals surface area contributed by atoms with Crippen molar-refractivity contribution in [3.63, 3.8) is 0 Å². The van der Waals surface area contributed by atoms with Crippen LogP contribution in [0.2, 0.25) is 0 Å². The molecule has 0 atom stereocenters. The van der Waals surface area contributed by atoms with Gasteiger partial charge in [0.25, 0.3) is 5.91 Å². The quantitative estimate of drug-likeness (QED) is 0.584. The number of imidazole rings is 1. The Morgan fingerprint density at radius 1 is 1.07 bits per heavy atom. The number of pyridine rings is 2. The van der Waals surface area contributed by atoms with E-state index in [1.54, 1.807) is 24.9 Å². The van der Waals surface area contributed by atoms with E-state index in [1.807, 2.05) is 65.6 Å². The number of carbonyl (C=O) groups is 1. The molecule has 28 heavy (non-hydrogen) atoms. The summed E-state index contributed by atoms with van der Waals surface area (Å²) in [4.78, 5) is 25.5.